The van der Waals surface area contributed by atoms with Crippen molar-refractivity contribution in [1.82, 2.24) is 0 Å². The van der Waals surface area contributed by atoms with E-state index in [-0.39, 0.29) is 0 Å². The number of ether oxygens (including phenoxy) is 1. The van der Waals surface area contributed by atoms with Crippen LogP contribution in [0.15, 0.2) is 114 Å². The Morgan fingerprint density at radius 2 is 1.27 bits per heavy atom. The van der Waals surface area contributed by atoms with Crippen molar-refractivity contribution < 1.29 is 4.74 Å². The topological polar surface area (TPSA) is 9.23 Å². The summed E-state index contributed by atoms with van der Waals surface area (Å²) in [5.74, 6) is 0.927. The van der Waals surface area contributed by atoms with E-state index in [1.54, 1.807) is 11.8 Å². The van der Waals surface area contributed by atoms with Gasteiger partial charge in [-0.1, -0.05) is 91.0 Å². The van der Waals surface area contributed by atoms with Gasteiger partial charge in [0, 0.05) is 10.3 Å². The molecule has 0 heterocycles. The second kappa shape index (κ2) is 9.56. The number of fused-ring (bicyclic) bond motifs is 1. The van der Waals surface area contributed by atoms with Crippen LogP contribution in [0.4, 0.5) is 0 Å². The summed E-state index contributed by atoms with van der Waals surface area (Å²) in [4.78, 5) is 1.27. The van der Waals surface area contributed by atoms with Crippen LogP contribution in [0.5, 0.6) is 5.75 Å². The zero-order valence-electron chi connectivity index (χ0n) is 18.9. The molecule has 5 aromatic rings. The molecule has 0 saturated carbocycles. The number of aryl methyl sites for hydroxylation is 1. The average Bonchev–Trinajstić information content (AvgIpc) is 2.88. The quantitative estimate of drug-likeness (QED) is 0.241. The van der Waals surface area contributed by atoms with E-state index < -0.39 is 0 Å². The second-order valence-electron chi connectivity index (χ2n) is 8.17. The van der Waals surface area contributed by atoms with E-state index in [4.69, 9.17) is 4.74 Å². The maximum atomic E-state index is 6.43. The molecular weight excluding hydrogens is 420 g/mol. The van der Waals surface area contributed by atoms with Gasteiger partial charge in [0.05, 0.1) is 0 Å². The van der Waals surface area contributed by atoms with E-state index in [9.17, 15) is 0 Å². The SMILES string of the molecule is CSc1cc2c(-c3ccccc3)c(C)cc(OCc3ccccc3)c2cc1-c1ccccc1. The summed E-state index contributed by atoms with van der Waals surface area (Å²) in [5.41, 5.74) is 7.35. The predicted octanol–water partition coefficient (Wildman–Crippen LogP) is 8.78. The van der Waals surface area contributed by atoms with Crippen molar-refractivity contribution in [3.8, 4) is 28.0 Å². The van der Waals surface area contributed by atoms with Crippen molar-refractivity contribution in [3.63, 3.8) is 0 Å². The Morgan fingerprint density at radius 3 is 1.91 bits per heavy atom. The van der Waals surface area contributed by atoms with Gasteiger partial charge in [0.1, 0.15) is 12.4 Å². The molecule has 1 nitrogen and oxygen atoms in total. The highest BCUT2D eigenvalue weighted by Crippen LogP contribution is 2.43. The van der Waals surface area contributed by atoms with E-state index in [1.165, 1.54) is 43.7 Å². The maximum absolute atomic E-state index is 6.43. The lowest BCUT2D eigenvalue weighted by Gasteiger charge is -2.19. The number of hydrogen-bond acceptors (Lipinski definition) is 2. The van der Waals surface area contributed by atoms with E-state index in [2.05, 4.69) is 116 Å². The number of benzene rings is 5. The van der Waals surface area contributed by atoms with Gasteiger partial charge in [-0.2, -0.15) is 0 Å². The molecule has 0 aliphatic carbocycles. The Bertz CT molecular complexity index is 1380. The molecule has 0 N–H and O–H groups in total. The van der Waals surface area contributed by atoms with E-state index in [0.717, 1.165) is 11.1 Å². The van der Waals surface area contributed by atoms with Crippen LogP contribution in [0.2, 0.25) is 0 Å². The van der Waals surface area contributed by atoms with Crippen LogP contribution in [0.3, 0.4) is 0 Å². The lowest BCUT2D eigenvalue weighted by atomic mass is 9.91. The third-order valence-corrected chi connectivity index (χ3v) is 6.78. The summed E-state index contributed by atoms with van der Waals surface area (Å²) in [7, 11) is 0. The van der Waals surface area contributed by atoms with Gasteiger partial charge < -0.3 is 4.74 Å². The highest BCUT2D eigenvalue weighted by atomic mass is 32.2. The van der Waals surface area contributed by atoms with Gasteiger partial charge in [-0.25, -0.2) is 0 Å². The maximum Gasteiger partial charge on any atom is 0.127 e. The molecule has 0 aliphatic rings. The monoisotopic (exact) mass is 446 g/mol. The van der Waals surface area contributed by atoms with Gasteiger partial charge in [0.15, 0.2) is 0 Å². The molecule has 0 unspecified atom stereocenters. The first-order chi connectivity index (χ1) is 16.2. The first-order valence-electron chi connectivity index (χ1n) is 11.2. The van der Waals surface area contributed by atoms with E-state index >= 15 is 0 Å². The molecule has 0 fully saturated rings. The molecule has 5 aromatic carbocycles. The van der Waals surface area contributed by atoms with E-state index in [0.29, 0.717) is 6.61 Å². The fourth-order valence-corrected chi connectivity index (χ4v) is 5.04. The number of rotatable bonds is 6. The van der Waals surface area contributed by atoms with Crippen LogP contribution < -0.4 is 4.74 Å². The molecule has 0 amide bonds. The Kier molecular flexibility index (Phi) is 6.19. The lowest BCUT2D eigenvalue weighted by molar-refractivity contribution is 0.310. The minimum Gasteiger partial charge on any atom is -0.488 e. The van der Waals surface area contributed by atoms with Crippen LogP contribution >= 0.6 is 11.8 Å². The van der Waals surface area contributed by atoms with Crippen LogP contribution in [0, 0.1) is 6.92 Å². The van der Waals surface area contributed by atoms with Crippen molar-refractivity contribution in [1.29, 1.82) is 0 Å². The zero-order valence-corrected chi connectivity index (χ0v) is 19.7. The first kappa shape index (κ1) is 21.4. The smallest absolute Gasteiger partial charge is 0.127 e. The molecule has 162 valence electrons. The fraction of sp³-hybridized carbons (Fsp3) is 0.0968. The van der Waals surface area contributed by atoms with Crippen LogP contribution in [0.25, 0.3) is 33.0 Å². The molecule has 33 heavy (non-hydrogen) atoms. The molecule has 0 spiro atoms. The second-order valence-corrected chi connectivity index (χ2v) is 9.02. The van der Waals surface area contributed by atoms with Crippen LogP contribution in [0.1, 0.15) is 11.1 Å². The fourth-order valence-electron chi connectivity index (χ4n) is 4.40. The van der Waals surface area contributed by atoms with Crippen molar-refractivity contribution in [2.24, 2.45) is 0 Å². The van der Waals surface area contributed by atoms with Gasteiger partial charge in [-0.3, -0.25) is 0 Å². The summed E-state index contributed by atoms with van der Waals surface area (Å²) in [5, 5.41) is 2.38. The minimum atomic E-state index is 0.547. The number of hydrogen-bond donors (Lipinski definition) is 0. The molecule has 0 aromatic heterocycles. The van der Waals surface area contributed by atoms with E-state index in [1.807, 2.05) is 6.07 Å². The highest BCUT2D eigenvalue weighted by molar-refractivity contribution is 7.98. The molecule has 0 atom stereocenters. The Labute approximate surface area is 200 Å². The van der Waals surface area contributed by atoms with Gasteiger partial charge in [0.25, 0.3) is 0 Å². The van der Waals surface area contributed by atoms with Crippen molar-refractivity contribution >= 4 is 22.5 Å². The highest BCUT2D eigenvalue weighted by Gasteiger charge is 2.16. The largest absolute Gasteiger partial charge is 0.488 e. The molecule has 0 saturated heterocycles. The summed E-state index contributed by atoms with van der Waals surface area (Å²) in [6, 6.07) is 38.5. The normalized spacial score (nSPS) is 11.0. The third-order valence-electron chi connectivity index (χ3n) is 6.00. The third kappa shape index (κ3) is 4.40. The van der Waals surface area contributed by atoms with Crippen LogP contribution in [-0.4, -0.2) is 6.26 Å². The minimum absolute atomic E-state index is 0.547. The van der Waals surface area contributed by atoms with Crippen LogP contribution in [-0.2, 0) is 6.61 Å². The number of thioether (sulfide) groups is 1. The van der Waals surface area contributed by atoms with Gasteiger partial charge in [-0.05, 0) is 70.1 Å². The molecule has 0 aliphatic heterocycles. The zero-order chi connectivity index (χ0) is 22.6. The Hall–Kier alpha value is -3.49. The molecule has 0 bridgehead atoms. The summed E-state index contributed by atoms with van der Waals surface area (Å²) in [6.07, 6.45) is 2.15. The standard InChI is InChI=1S/C31H26OS/c1-22-18-29(32-21-23-12-6-3-7-13-23)27-19-26(24-14-8-4-9-15-24)30(33-2)20-28(27)31(22)25-16-10-5-11-17-25/h3-20H,21H2,1-2H3. The van der Waals surface area contributed by atoms with Gasteiger partial charge in [0.2, 0.25) is 0 Å². The van der Waals surface area contributed by atoms with Crippen molar-refractivity contribution in [2.75, 3.05) is 6.26 Å². The molecule has 2 heteroatoms. The van der Waals surface area contributed by atoms with Gasteiger partial charge >= 0.3 is 0 Å². The Balaban J connectivity index is 1.74. The summed E-state index contributed by atoms with van der Waals surface area (Å²) >= 11 is 1.79. The average molecular weight is 447 g/mol. The first-order valence-corrected chi connectivity index (χ1v) is 12.4. The molecule has 0 radical (unpaired) electrons. The molecular formula is C31H26OS. The summed E-state index contributed by atoms with van der Waals surface area (Å²) in [6.45, 7) is 2.73. The lowest BCUT2D eigenvalue weighted by Crippen LogP contribution is -1.98. The molecule has 5 rings (SSSR count). The predicted molar refractivity (Wildman–Crippen MR) is 142 cm³/mol. The Morgan fingerprint density at radius 1 is 0.667 bits per heavy atom. The van der Waals surface area contributed by atoms with Gasteiger partial charge in [-0.15, -0.1) is 11.8 Å². The van der Waals surface area contributed by atoms with Crippen molar-refractivity contribution in [3.05, 3.63) is 120 Å². The van der Waals surface area contributed by atoms with Crippen molar-refractivity contribution in [2.45, 2.75) is 18.4 Å². The summed E-state index contributed by atoms with van der Waals surface area (Å²) < 4.78 is 6.43.